The van der Waals surface area contributed by atoms with E-state index < -0.39 is 0 Å². The van der Waals surface area contributed by atoms with E-state index >= 15 is 0 Å². The number of allylic oxidation sites excluding steroid dienone is 1. The number of likely N-dealkylation sites (tertiary alicyclic amines) is 1. The van der Waals surface area contributed by atoms with E-state index in [0.29, 0.717) is 6.42 Å². The normalized spacial score (nSPS) is 18.2. The highest BCUT2D eigenvalue weighted by atomic mass is 32.2. The Labute approximate surface area is 215 Å². The van der Waals surface area contributed by atoms with Crippen molar-refractivity contribution in [2.75, 3.05) is 32.1 Å². The Balaban J connectivity index is 1.49. The van der Waals surface area contributed by atoms with Crippen LogP contribution in [-0.4, -0.2) is 48.2 Å². The molecule has 3 nitrogen and oxygen atoms in total. The Hall–Kier alpha value is -2.83. The smallest absolute Gasteiger partial charge is 0.123 e. The van der Waals surface area contributed by atoms with Crippen molar-refractivity contribution in [3.63, 3.8) is 0 Å². The van der Waals surface area contributed by atoms with Crippen LogP contribution >= 0.6 is 11.8 Å². The summed E-state index contributed by atoms with van der Waals surface area (Å²) in [7, 11) is 0. The van der Waals surface area contributed by atoms with Crippen LogP contribution in [0.2, 0.25) is 0 Å². The summed E-state index contributed by atoms with van der Waals surface area (Å²) >= 11 is 1.73. The monoisotopic (exact) mass is 507 g/mol. The predicted molar refractivity (Wildman–Crippen MR) is 143 cm³/mol. The van der Waals surface area contributed by atoms with E-state index in [2.05, 4.69) is 17.0 Å². The minimum Gasteiger partial charge on any atom is -0.508 e. The number of phenols is 1. The van der Waals surface area contributed by atoms with Gasteiger partial charge in [0.2, 0.25) is 0 Å². The van der Waals surface area contributed by atoms with Gasteiger partial charge in [-0.2, -0.15) is 0 Å². The number of fused-ring (bicyclic) bond motifs is 1. The van der Waals surface area contributed by atoms with Crippen molar-refractivity contribution in [1.29, 1.82) is 0 Å². The highest BCUT2D eigenvalue weighted by molar-refractivity contribution is 7.99. The van der Waals surface area contributed by atoms with Crippen LogP contribution in [0.3, 0.4) is 0 Å². The molecule has 2 heterocycles. The molecule has 6 heteroatoms. The van der Waals surface area contributed by atoms with E-state index in [0.717, 1.165) is 76.7 Å². The molecule has 3 aromatic carbocycles. The van der Waals surface area contributed by atoms with Crippen LogP contribution in [0.5, 0.6) is 11.5 Å². The molecule has 2 aliphatic rings. The summed E-state index contributed by atoms with van der Waals surface area (Å²) in [5.74, 6) is 1.71. The van der Waals surface area contributed by atoms with Crippen molar-refractivity contribution in [2.24, 2.45) is 0 Å². The topological polar surface area (TPSA) is 32.7 Å². The molecule has 5 rings (SSSR count). The quantitative estimate of drug-likeness (QED) is 0.370. The summed E-state index contributed by atoms with van der Waals surface area (Å²) in [5.41, 5.74) is 6.38. The van der Waals surface area contributed by atoms with Gasteiger partial charge in [-0.25, -0.2) is 4.39 Å². The third-order valence-corrected chi connectivity index (χ3v) is 8.00. The fourth-order valence-corrected chi connectivity index (χ4v) is 6.28. The highest BCUT2D eigenvalue weighted by Crippen LogP contribution is 2.44. The van der Waals surface area contributed by atoms with E-state index in [1.165, 1.54) is 11.6 Å². The molecular weight excluding hydrogens is 476 g/mol. The first-order chi connectivity index (χ1) is 17.5. The third-order valence-electron chi connectivity index (χ3n) is 6.94. The van der Waals surface area contributed by atoms with E-state index in [1.807, 2.05) is 37.3 Å². The number of aromatic hydroxyl groups is 1. The standard InChI is InChI=1S/C30H31F2NO2S/c1-20-17-22(32)5-9-26(20)27-12-16-36-29-18-23(34)6-10-28(29)30(27)21-3-7-24(8-4-21)35-25-11-15-33(19-25)14-2-13-31/h3-10,17-18,25,34H,2,11-16,19H2,1H3/t25-/m0/s1. The molecule has 1 saturated heterocycles. The lowest BCUT2D eigenvalue weighted by molar-refractivity contribution is 0.198. The summed E-state index contributed by atoms with van der Waals surface area (Å²) in [5, 5.41) is 10.1. The molecule has 0 aliphatic carbocycles. The van der Waals surface area contributed by atoms with Crippen LogP contribution < -0.4 is 4.74 Å². The zero-order chi connectivity index (χ0) is 25.1. The maximum Gasteiger partial charge on any atom is 0.123 e. The van der Waals surface area contributed by atoms with Crippen molar-refractivity contribution in [3.8, 4) is 11.5 Å². The van der Waals surface area contributed by atoms with Crippen LogP contribution in [0.1, 0.15) is 41.5 Å². The largest absolute Gasteiger partial charge is 0.508 e. The Kier molecular flexibility index (Phi) is 7.63. The van der Waals surface area contributed by atoms with Gasteiger partial charge in [0.25, 0.3) is 0 Å². The molecule has 1 N–H and O–H groups in total. The molecule has 0 unspecified atom stereocenters. The van der Waals surface area contributed by atoms with Gasteiger partial charge in [-0.3, -0.25) is 9.29 Å². The van der Waals surface area contributed by atoms with E-state index in [1.54, 1.807) is 23.9 Å². The Bertz CT molecular complexity index is 1260. The summed E-state index contributed by atoms with van der Waals surface area (Å²) in [6.07, 6.45) is 2.47. The lowest BCUT2D eigenvalue weighted by Crippen LogP contribution is -2.26. The Morgan fingerprint density at radius 3 is 2.64 bits per heavy atom. The Morgan fingerprint density at radius 1 is 1.06 bits per heavy atom. The van der Waals surface area contributed by atoms with Crippen molar-refractivity contribution in [2.45, 2.75) is 37.2 Å². The van der Waals surface area contributed by atoms with Crippen molar-refractivity contribution in [1.82, 2.24) is 4.90 Å². The zero-order valence-electron chi connectivity index (χ0n) is 20.5. The summed E-state index contributed by atoms with van der Waals surface area (Å²) in [6, 6.07) is 18.7. The molecule has 0 aromatic heterocycles. The predicted octanol–water partition coefficient (Wildman–Crippen LogP) is 7.11. The second kappa shape index (κ2) is 11.1. The molecule has 3 aromatic rings. The number of aryl methyl sites for hydroxylation is 1. The van der Waals surface area contributed by atoms with E-state index in [4.69, 9.17) is 4.74 Å². The summed E-state index contributed by atoms with van der Waals surface area (Å²) in [4.78, 5) is 3.30. The number of rotatable bonds is 7. The molecule has 2 aliphatic heterocycles. The number of alkyl halides is 1. The number of ether oxygens (including phenoxy) is 1. The number of hydrogen-bond donors (Lipinski definition) is 1. The number of halogens is 2. The first-order valence-corrected chi connectivity index (χ1v) is 13.5. The lowest BCUT2D eigenvalue weighted by Gasteiger charge is -2.19. The summed E-state index contributed by atoms with van der Waals surface area (Å²) < 4.78 is 32.7. The van der Waals surface area contributed by atoms with Gasteiger partial charge in [-0.05, 0) is 102 Å². The van der Waals surface area contributed by atoms with Gasteiger partial charge in [-0.15, -0.1) is 11.8 Å². The SMILES string of the molecule is Cc1cc(F)ccc1C1=C(c2ccc(O[C@H]3CCN(CCCF)C3)cc2)c2ccc(O)cc2SCC1. The van der Waals surface area contributed by atoms with Crippen LogP contribution in [0, 0.1) is 12.7 Å². The van der Waals surface area contributed by atoms with Gasteiger partial charge in [-0.1, -0.05) is 18.2 Å². The van der Waals surface area contributed by atoms with Gasteiger partial charge in [0, 0.05) is 30.3 Å². The average Bonchev–Trinajstić information content (AvgIpc) is 3.22. The maximum absolute atomic E-state index is 13.9. The molecular formula is C30H31F2NO2S. The van der Waals surface area contributed by atoms with E-state index in [9.17, 15) is 13.9 Å². The van der Waals surface area contributed by atoms with Gasteiger partial charge in [0.05, 0.1) is 6.67 Å². The van der Waals surface area contributed by atoms with Gasteiger partial charge < -0.3 is 9.84 Å². The van der Waals surface area contributed by atoms with Crippen LogP contribution in [0.4, 0.5) is 8.78 Å². The van der Waals surface area contributed by atoms with E-state index in [-0.39, 0.29) is 24.3 Å². The second-order valence-electron chi connectivity index (χ2n) is 9.49. The maximum atomic E-state index is 13.9. The van der Waals surface area contributed by atoms with Crippen molar-refractivity contribution < 1.29 is 18.6 Å². The zero-order valence-corrected chi connectivity index (χ0v) is 21.3. The lowest BCUT2D eigenvalue weighted by atomic mass is 9.86. The molecule has 1 fully saturated rings. The van der Waals surface area contributed by atoms with Crippen LogP contribution in [-0.2, 0) is 0 Å². The van der Waals surface area contributed by atoms with Gasteiger partial charge >= 0.3 is 0 Å². The number of thioether (sulfide) groups is 1. The Morgan fingerprint density at radius 2 is 1.86 bits per heavy atom. The first kappa shape index (κ1) is 24.8. The van der Waals surface area contributed by atoms with Gasteiger partial charge in [0.15, 0.2) is 0 Å². The third kappa shape index (κ3) is 5.45. The van der Waals surface area contributed by atoms with Crippen LogP contribution in [0.25, 0.3) is 11.1 Å². The number of benzene rings is 3. The molecule has 1 atom stereocenters. The van der Waals surface area contributed by atoms with Crippen molar-refractivity contribution >= 4 is 22.9 Å². The molecule has 0 bridgehead atoms. The molecule has 0 saturated carbocycles. The van der Waals surface area contributed by atoms with Crippen LogP contribution in [0.15, 0.2) is 65.6 Å². The fraction of sp³-hybridized carbons (Fsp3) is 0.333. The highest BCUT2D eigenvalue weighted by Gasteiger charge is 2.25. The average molecular weight is 508 g/mol. The fourth-order valence-electron chi connectivity index (χ4n) is 5.22. The number of phenolic OH excluding ortho intramolecular Hbond substituents is 1. The molecule has 188 valence electrons. The molecule has 36 heavy (non-hydrogen) atoms. The minimum atomic E-state index is -0.278. The second-order valence-corrected chi connectivity index (χ2v) is 10.6. The minimum absolute atomic E-state index is 0.116. The summed E-state index contributed by atoms with van der Waals surface area (Å²) in [6.45, 7) is 4.22. The molecule has 0 spiro atoms. The molecule has 0 radical (unpaired) electrons. The number of hydrogen-bond acceptors (Lipinski definition) is 4. The van der Waals surface area contributed by atoms with Gasteiger partial charge in [0.1, 0.15) is 23.4 Å². The number of nitrogens with zero attached hydrogens (tertiary/aromatic N) is 1. The molecule has 0 amide bonds. The first-order valence-electron chi connectivity index (χ1n) is 12.5. The van der Waals surface area contributed by atoms with Crippen molar-refractivity contribution in [3.05, 3.63) is 88.7 Å².